The molecule has 32 heavy (non-hydrogen) atoms. The molecular weight excluding hydrogens is 470 g/mol. The number of nitrogens with zero attached hydrogens (tertiary/aromatic N) is 3. The summed E-state index contributed by atoms with van der Waals surface area (Å²) in [6.45, 7) is 1.06. The number of amidine groups is 1. The molecule has 1 amide bonds. The zero-order valence-electron chi connectivity index (χ0n) is 17.5. The first-order valence-electron chi connectivity index (χ1n) is 10.4. The molecule has 0 radical (unpaired) electrons. The van der Waals surface area contributed by atoms with Gasteiger partial charge < -0.3 is 14.7 Å². The molecule has 2 aliphatic heterocycles. The van der Waals surface area contributed by atoms with Gasteiger partial charge in [0, 0.05) is 40.8 Å². The van der Waals surface area contributed by atoms with E-state index in [4.69, 9.17) is 9.73 Å². The average molecular weight is 492 g/mol. The fraction of sp³-hybridized carbons (Fsp3) is 0.200. The fourth-order valence-electron chi connectivity index (χ4n) is 4.26. The van der Waals surface area contributed by atoms with Gasteiger partial charge in [0.1, 0.15) is 11.6 Å². The van der Waals surface area contributed by atoms with Crippen LogP contribution in [0.5, 0.6) is 5.75 Å². The van der Waals surface area contributed by atoms with Crippen LogP contribution >= 0.6 is 15.9 Å². The Hall–Kier alpha value is -3.16. The van der Waals surface area contributed by atoms with E-state index in [9.17, 15) is 9.90 Å². The van der Waals surface area contributed by atoms with Crippen molar-refractivity contribution in [1.82, 2.24) is 4.90 Å². The molecule has 2 heterocycles. The van der Waals surface area contributed by atoms with Crippen molar-refractivity contribution in [2.75, 3.05) is 18.6 Å². The van der Waals surface area contributed by atoms with Crippen LogP contribution in [0.1, 0.15) is 34.1 Å². The van der Waals surface area contributed by atoms with Crippen LogP contribution in [-0.2, 0) is 6.54 Å². The van der Waals surface area contributed by atoms with Gasteiger partial charge in [0.15, 0.2) is 6.23 Å². The Labute approximate surface area is 194 Å². The molecule has 0 aliphatic carbocycles. The number of halogens is 1. The van der Waals surface area contributed by atoms with Crippen LogP contribution in [0.25, 0.3) is 0 Å². The Morgan fingerprint density at radius 3 is 2.62 bits per heavy atom. The lowest BCUT2D eigenvalue weighted by Crippen LogP contribution is -2.39. The molecule has 0 saturated heterocycles. The van der Waals surface area contributed by atoms with Crippen LogP contribution in [0, 0.1) is 0 Å². The van der Waals surface area contributed by atoms with Crippen molar-refractivity contribution >= 4 is 39.0 Å². The Balaban J connectivity index is 1.44. The summed E-state index contributed by atoms with van der Waals surface area (Å²) < 4.78 is 6.22. The van der Waals surface area contributed by atoms with Crippen molar-refractivity contribution in [1.29, 1.82) is 0 Å². The van der Waals surface area contributed by atoms with Gasteiger partial charge in [-0.25, -0.2) is 4.99 Å². The molecule has 3 aromatic rings. The van der Waals surface area contributed by atoms with Crippen molar-refractivity contribution in [3.8, 4) is 5.75 Å². The third-order valence-electron chi connectivity index (χ3n) is 5.93. The first-order valence-corrected chi connectivity index (χ1v) is 11.2. The summed E-state index contributed by atoms with van der Waals surface area (Å²) in [5.41, 5.74) is 4.06. The average Bonchev–Trinajstić information content (AvgIpc) is 3.15. The number of benzene rings is 3. The molecule has 162 valence electrons. The van der Waals surface area contributed by atoms with E-state index in [-0.39, 0.29) is 5.91 Å². The smallest absolute Gasteiger partial charge is 0.254 e. The van der Waals surface area contributed by atoms with E-state index < -0.39 is 6.23 Å². The summed E-state index contributed by atoms with van der Waals surface area (Å²) in [5.74, 6) is 1.48. The number of amides is 1. The summed E-state index contributed by atoms with van der Waals surface area (Å²) in [4.78, 5) is 21.4. The lowest BCUT2D eigenvalue weighted by Gasteiger charge is -2.35. The van der Waals surface area contributed by atoms with Crippen LogP contribution in [0.3, 0.4) is 0 Å². The van der Waals surface area contributed by atoms with E-state index >= 15 is 0 Å². The molecule has 1 N–H and O–H groups in total. The number of para-hydroxylation sites is 1. The van der Waals surface area contributed by atoms with E-state index in [0.29, 0.717) is 25.3 Å². The second-order valence-corrected chi connectivity index (χ2v) is 8.63. The lowest BCUT2D eigenvalue weighted by atomic mass is 10.1. The number of methoxy groups -OCH3 is 1. The van der Waals surface area contributed by atoms with Crippen molar-refractivity contribution in [3.63, 3.8) is 0 Å². The van der Waals surface area contributed by atoms with E-state index in [0.717, 1.165) is 38.3 Å². The van der Waals surface area contributed by atoms with Crippen molar-refractivity contribution < 1.29 is 14.6 Å². The van der Waals surface area contributed by atoms with Gasteiger partial charge in [-0.3, -0.25) is 9.69 Å². The highest BCUT2D eigenvalue weighted by atomic mass is 79.9. The van der Waals surface area contributed by atoms with Crippen LogP contribution in [0.4, 0.5) is 11.4 Å². The highest BCUT2D eigenvalue weighted by molar-refractivity contribution is 9.10. The van der Waals surface area contributed by atoms with Crippen LogP contribution in [-0.4, -0.2) is 35.4 Å². The Bertz CT molecular complexity index is 1210. The minimum atomic E-state index is -0.868. The van der Waals surface area contributed by atoms with E-state index in [1.807, 2.05) is 76.5 Å². The third-order valence-corrected chi connectivity index (χ3v) is 6.67. The number of carbonyl (C=O) groups is 1. The van der Waals surface area contributed by atoms with Gasteiger partial charge in [-0.2, -0.15) is 0 Å². The quantitative estimate of drug-likeness (QED) is 0.542. The van der Waals surface area contributed by atoms with Gasteiger partial charge in [-0.15, -0.1) is 0 Å². The minimum Gasteiger partial charge on any atom is -0.497 e. The van der Waals surface area contributed by atoms with E-state index in [2.05, 4.69) is 15.9 Å². The molecular formula is C25H22BrN3O3. The topological polar surface area (TPSA) is 65.4 Å². The summed E-state index contributed by atoms with van der Waals surface area (Å²) in [7, 11) is 1.62. The Morgan fingerprint density at radius 1 is 1.09 bits per heavy atom. The second-order valence-electron chi connectivity index (χ2n) is 7.77. The number of rotatable bonds is 5. The first-order chi connectivity index (χ1) is 15.6. The van der Waals surface area contributed by atoms with E-state index in [1.165, 1.54) is 0 Å². The molecule has 7 heteroatoms. The second kappa shape index (κ2) is 8.41. The van der Waals surface area contributed by atoms with Gasteiger partial charge in [0.05, 0.1) is 12.8 Å². The summed E-state index contributed by atoms with van der Waals surface area (Å²) in [6.07, 6.45) is -0.359. The van der Waals surface area contributed by atoms with Gasteiger partial charge in [0.2, 0.25) is 0 Å². The van der Waals surface area contributed by atoms with Crippen molar-refractivity contribution in [2.45, 2.75) is 19.2 Å². The number of hydrogen-bond donors (Lipinski definition) is 1. The Morgan fingerprint density at radius 2 is 1.88 bits per heavy atom. The SMILES string of the molecule is COc1ccc(N2C(CCN3Cc4c(Br)cccc4C3=O)=Nc3ccccc3C2O)cc1. The number of fused-ring (bicyclic) bond motifs is 2. The predicted molar refractivity (Wildman–Crippen MR) is 127 cm³/mol. The molecule has 0 saturated carbocycles. The van der Waals surface area contributed by atoms with E-state index in [1.54, 1.807) is 7.11 Å². The highest BCUT2D eigenvalue weighted by Gasteiger charge is 2.32. The number of aliphatic hydroxyl groups excluding tert-OH is 1. The van der Waals surface area contributed by atoms with Gasteiger partial charge in [-0.1, -0.05) is 40.2 Å². The molecule has 1 atom stereocenters. The lowest BCUT2D eigenvalue weighted by molar-refractivity contribution is 0.0782. The maximum atomic E-state index is 12.9. The largest absolute Gasteiger partial charge is 0.497 e. The van der Waals surface area contributed by atoms with Crippen LogP contribution < -0.4 is 9.64 Å². The summed E-state index contributed by atoms with van der Waals surface area (Å²) >= 11 is 3.55. The monoisotopic (exact) mass is 491 g/mol. The molecule has 6 nitrogen and oxygen atoms in total. The van der Waals surface area contributed by atoms with Crippen molar-refractivity contribution in [2.24, 2.45) is 4.99 Å². The minimum absolute atomic E-state index is 0.0228. The molecule has 0 fully saturated rings. The number of aliphatic imine (C=N–C) groups is 1. The maximum Gasteiger partial charge on any atom is 0.254 e. The summed E-state index contributed by atoms with van der Waals surface area (Å²) in [5, 5.41) is 11.2. The zero-order chi connectivity index (χ0) is 22.2. The van der Waals surface area contributed by atoms with Gasteiger partial charge in [0.25, 0.3) is 5.91 Å². The molecule has 1 unspecified atom stereocenters. The third kappa shape index (κ3) is 3.57. The predicted octanol–water partition coefficient (Wildman–Crippen LogP) is 5.04. The number of ether oxygens (including phenoxy) is 1. The number of carbonyl (C=O) groups excluding carboxylic acids is 1. The number of hydrogen-bond acceptors (Lipinski definition) is 5. The highest BCUT2D eigenvalue weighted by Crippen LogP contribution is 2.38. The number of aliphatic hydroxyl groups is 1. The van der Waals surface area contributed by atoms with Crippen LogP contribution in [0.15, 0.2) is 76.2 Å². The maximum absolute atomic E-state index is 12.9. The van der Waals surface area contributed by atoms with Gasteiger partial charge in [-0.05, 0) is 48.0 Å². The van der Waals surface area contributed by atoms with Gasteiger partial charge >= 0.3 is 0 Å². The molecule has 5 rings (SSSR count). The summed E-state index contributed by atoms with van der Waals surface area (Å²) in [6, 6.07) is 20.8. The molecule has 0 spiro atoms. The molecule has 2 aliphatic rings. The zero-order valence-corrected chi connectivity index (χ0v) is 19.1. The number of anilines is 1. The first kappa shape index (κ1) is 20.7. The van der Waals surface area contributed by atoms with Crippen LogP contribution in [0.2, 0.25) is 0 Å². The standard InChI is InChI=1S/C25H22BrN3O3/c1-32-17-11-9-16(10-12-17)29-23(27-22-8-3-2-5-19(22)25(29)31)13-14-28-15-20-18(24(28)30)6-4-7-21(20)26/h2-12,25,31H,13-15H2,1H3. The Kier molecular flexibility index (Phi) is 5.45. The molecule has 0 aromatic heterocycles. The molecule has 0 bridgehead atoms. The molecule has 3 aromatic carbocycles. The fourth-order valence-corrected chi connectivity index (χ4v) is 4.75. The normalized spacial score (nSPS) is 17.2. The van der Waals surface area contributed by atoms with Crippen molar-refractivity contribution in [3.05, 3.63) is 87.9 Å².